The molecule has 0 aliphatic heterocycles. The van der Waals surface area contributed by atoms with Crippen molar-refractivity contribution in [1.82, 2.24) is 0 Å². The number of rotatable bonds is 7. The van der Waals surface area contributed by atoms with Crippen molar-refractivity contribution < 1.29 is 0 Å². The first kappa shape index (κ1) is 50.7. The van der Waals surface area contributed by atoms with Crippen LogP contribution >= 0.6 is 0 Å². The summed E-state index contributed by atoms with van der Waals surface area (Å²) in [6.07, 6.45) is 9.23. The molecule has 0 aliphatic rings. The van der Waals surface area contributed by atoms with Gasteiger partial charge in [0.1, 0.15) is 0 Å². The number of hydrogen-bond acceptors (Lipinski definition) is 0. The van der Waals surface area contributed by atoms with E-state index in [0.717, 1.165) is 0 Å². The van der Waals surface area contributed by atoms with E-state index in [1.54, 1.807) is 0 Å². The standard InChI is InChI=1S/C80H68/c1-13-14-62-64-26-15-47(4)37-73(64)77(66-28-17-45(2)35-71(62)66)54(11)55(12)78-67-29-18-46(3)36-72(67)63(65-27-16-48(5)38-74(65)78)32-25-56-42-57-21-23-59(43-61(57)41-52(56)9)79-68-30-19-50(7)40-76(68)80(69-31-20-49(6)39-75(69)79)60-24-22-58-34-51(8)33-53(10)70(58)44-60/h13-44H,1-12H3/b14-13?,32-25?,55-54+. The minimum Gasteiger partial charge on any atom is -0.0870 e. The molecule has 0 aliphatic carbocycles. The van der Waals surface area contributed by atoms with Gasteiger partial charge in [-0.15, -0.1) is 0 Å². The summed E-state index contributed by atoms with van der Waals surface area (Å²) in [6.45, 7) is 26.9. The quantitative estimate of drug-likeness (QED) is 0.110. The molecule has 0 fully saturated rings. The fourth-order valence-corrected chi connectivity index (χ4v) is 13.6. The van der Waals surface area contributed by atoms with Crippen molar-refractivity contribution in [3.05, 3.63) is 254 Å². The molecule has 0 N–H and O–H groups in total. The van der Waals surface area contributed by atoms with Crippen LogP contribution in [0.4, 0.5) is 0 Å². The second-order valence-electron chi connectivity index (χ2n) is 23.5. The van der Waals surface area contributed by atoms with Crippen LogP contribution in [-0.4, -0.2) is 0 Å². The lowest BCUT2D eigenvalue weighted by Crippen LogP contribution is -1.97. The Kier molecular flexibility index (Phi) is 12.4. The van der Waals surface area contributed by atoms with Crippen molar-refractivity contribution in [1.29, 1.82) is 0 Å². The highest BCUT2D eigenvalue weighted by Gasteiger charge is 2.22. The Hall–Kier alpha value is -8.84. The van der Waals surface area contributed by atoms with E-state index >= 15 is 0 Å². The molecule has 0 bridgehead atoms. The average Bonchev–Trinajstić information content (AvgIpc) is 3.45. The largest absolute Gasteiger partial charge is 0.0870 e. The van der Waals surface area contributed by atoms with E-state index in [1.165, 1.54) is 197 Å². The molecule has 80 heavy (non-hydrogen) atoms. The molecular formula is C80H68. The fourth-order valence-electron chi connectivity index (χ4n) is 13.6. The number of allylic oxidation sites excluding steroid dienone is 3. The zero-order valence-corrected chi connectivity index (χ0v) is 48.5. The molecule has 0 saturated heterocycles. The first-order valence-electron chi connectivity index (χ1n) is 28.6. The van der Waals surface area contributed by atoms with Gasteiger partial charge in [0.2, 0.25) is 0 Å². The third kappa shape index (κ3) is 8.44. The lowest BCUT2D eigenvalue weighted by Gasteiger charge is -2.21. The van der Waals surface area contributed by atoms with Crippen LogP contribution in [0.1, 0.15) is 98.7 Å². The van der Waals surface area contributed by atoms with E-state index in [9.17, 15) is 0 Å². The first-order chi connectivity index (χ1) is 38.6. The molecule has 0 radical (unpaired) electrons. The maximum Gasteiger partial charge on any atom is -0.00260 e. The summed E-state index contributed by atoms with van der Waals surface area (Å²) < 4.78 is 0. The third-order valence-corrected chi connectivity index (χ3v) is 17.5. The number of hydrogen-bond donors (Lipinski definition) is 0. The van der Waals surface area contributed by atoms with Crippen molar-refractivity contribution >= 4 is 116 Å². The van der Waals surface area contributed by atoms with Gasteiger partial charge in [-0.1, -0.05) is 215 Å². The Morgan fingerprint density at radius 2 is 0.713 bits per heavy atom. The maximum atomic E-state index is 2.43. The molecule has 0 atom stereocenters. The second kappa shape index (κ2) is 19.5. The SMILES string of the molecule is CC=Cc1c2cc(C)ccc2c(/C(C)=C(\C)c2c3ccc(C)cc3c(C=Cc3cc4ccc(-c5c6ccc(C)cc6c(-c6ccc7cc(C)cc(C)c7c6)c6ccc(C)cc56)cc4cc3C)c3ccc(C)cc23)c2cc(C)ccc12. The van der Waals surface area contributed by atoms with Gasteiger partial charge in [0.25, 0.3) is 0 Å². The van der Waals surface area contributed by atoms with Crippen molar-refractivity contribution in [3.8, 4) is 22.3 Å². The molecule has 0 spiro atoms. The first-order valence-corrected chi connectivity index (χ1v) is 28.6. The van der Waals surface area contributed by atoms with Crippen LogP contribution in [-0.2, 0) is 0 Å². The molecule has 0 heterocycles. The maximum absolute atomic E-state index is 2.43. The smallest absolute Gasteiger partial charge is 0.00260 e. The average molecular weight is 1030 g/mol. The van der Waals surface area contributed by atoms with Crippen LogP contribution in [0.5, 0.6) is 0 Å². The van der Waals surface area contributed by atoms with Crippen molar-refractivity contribution in [2.75, 3.05) is 0 Å². The highest BCUT2D eigenvalue weighted by Crippen LogP contribution is 2.48. The van der Waals surface area contributed by atoms with E-state index < -0.39 is 0 Å². The van der Waals surface area contributed by atoms with E-state index in [4.69, 9.17) is 0 Å². The van der Waals surface area contributed by atoms with Gasteiger partial charge in [0, 0.05) is 0 Å². The lowest BCUT2D eigenvalue weighted by atomic mass is 9.82. The van der Waals surface area contributed by atoms with Crippen LogP contribution in [0.25, 0.3) is 138 Å². The summed E-state index contributed by atoms with van der Waals surface area (Å²) in [5.74, 6) is 0. The van der Waals surface area contributed by atoms with Gasteiger partial charge in [0.15, 0.2) is 0 Å². The van der Waals surface area contributed by atoms with E-state index in [0.29, 0.717) is 0 Å². The van der Waals surface area contributed by atoms with Crippen LogP contribution in [0.15, 0.2) is 176 Å². The Morgan fingerprint density at radius 3 is 1.23 bits per heavy atom. The molecule has 0 aromatic heterocycles. The Balaban J connectivity index is 0.953. The van der Waals surface area contributed by atoms with Gasteiger partial charge in [-0.05, 0) is 260 Å². The minimum atomic E-state index is 1.22. The second-order valence-corrected chi connectivity index (χ2v) is 23.5. The molecule has 0 saturated carbocycles. The molecule has 0 amide bonds. The van der Waals surface area contributed by atoms with Gasteiger partial charge in [-0.2, -0.15) is 0 Å². The summed E-state index contributed by atoms with van der Waals surface area (Å²) in [4.78, 5) is 0. The van der Waals surface area contributed by atoms with Gasteiger partial charge in [0.05, 0.1) is 0 Å². The Bertz CT molecular complexity index is 4930. The van der Waals surface area contributed by atoms with Crippen LogP contribution < -0.4 is 0 Å². The van der Waals surface area contributed by atoms with Gasteiger partial charge in [-0.3, -0.25) is 0 Å². The van der Waals surface area contributed by atoms with Crippen LogP contribution in [0.3, 0.4) is 0 Å². The molecule has 0 heteroatoms. The minimum absolute atomic E-state index is 1.22. The van der Waals surface area contributed by atoms with Gasteiger partial charge < -0.3 is 0 Å². The highest BCUT2D eigenvalue weighted by atomic mass is 14.3. The Labute approximate surface area is 472 Å². The zero-order valence-electron chi connectivity index (χ0n) is 48.5. The molecular weight excluding hydrogens is 961 g/mol. The van der Waals surface area contributed by atoms with E-state index in [-0.39, 0.29) is 0 Å². The van der Waals surface area contributed by atoms with Crippen molar-refractivity contribution in [2.45, 2.75) is 83.1 Å². The van der Waals surface area contributed by atoms with Crippen molar-refractivity contribution in [3.63, 3.8) is 0 Å². The predicted molar refractivity (Wildman–Crippen MR) is 355 cm³/mol. The normalized spacial score (nSPS) is 12.6. The summed E-state index contributed by atoms with van der Waals surface area (Å²) in [5, 5.41) is 20.5. The fraction of sp³-hybridized carbons (Fsp3) is 0.150. The predicted octanol–water partition coefficient (Wildman–Crippen LogP) is 23.2. The van der Waals surface area contributed by atoms with Crippen LogP contribution in [0, 0.1) is 62.3 Å². The molecule has 0 unspecified atom stereocenters. The van der Waals surface area contributed by atoms with Gasteiger partial charge in [-0.25, -0.2) is 0 Å². The summed E-state index contributed by atoms with van der Waals surface area (Å²) >= 11 is 0. The van der Waals surface area contributed by atoms with E-state index in [2.05, 4.69) is 277 Å². The molecule has 13 aromatic rings. The van der Waals surface area contributed by atoms with Gasteiger partial charge >= 0.3 is 0 Å². The summed E-state index contributed by atoms with van der Waals surface area (Å²) in [7, 11) is 0. The topological polar surface area (TPSA) is 0 Å². The lowest BCUT2D eigenvalue weighted by molar-refractivity contribution is 1.43. The zero-order chi connectivity index (χ0) is 55.4. The highest BCUT2D eigenvalue weighted by molar-refractivity contribution is 6.24. The van der Waals surface area contributed by atoms with E-state index in [1.807, 2.05) is 0 Å². The molecule has 13 rings (SSSR count). The summed E-state index contributed by atoms with van der Waals surface area (Å²) in [6, 6.07) is 65.9. The number of benzene rings is 13. The summed E-state index contributed by atoms with van der Waals surface area (Å²) in [5.41, 5.74) is 25.5. The van der Waals surface area contributed by atoms with Crippen molar-refractivity contribution in [2.24, 2.45) is 0 Å². The number of fused-ring (bicyclic) bond motifs is 8. The third-order valence-electron chi connectivity index (χ3n) is 17.5. The van der Waals surface area contributed by atoms with Crippen LogP contribution in [0.2, 0.25) is 0 Å². The molecule has 388 valence electrons. The number of aryl methyl sites for hydroxylation is 9. The molecule has 13 aromatic carbocycles. The Morgan fingerprint density at radius 1 is 0.275 bits per heavy atom. The monoisotopic (exact) mass is 1030 g/mol. The molecule has 0 nitrogen and oxygen atoms in total.